The van der Waals surface area contributed by atoms with Gasteiger partial charge in [-0.15, -0.1) is 0 Å². The standard InChI is InChI=1S/C32H27F5N4O4/c33-31(34,29(43)44)19-39-28(42)24-8-6-20(7-9-24)18-41(27-12-10-23(11-13-27)22-4-2-1-3-5-22)30(45)40-26-15-21(17-38)14-25(16-26)32(35,36)37/h4,6-16H,1-3,5,18-19H2,(H,39,42)(H,40,45)(H,43,44). The van der Waals surface area contributed by atoms with E-state index in [0.29, 0.717) is 17.3 Å². The summed E-state index contributed by atoms with van der Waals surface area (Å²) in [7, 11) is 0. The normalized spacial score (nSPS) is 13.3. The Hall–Kier alpha value is -5.25. The molecule has 3 aromatic rings. The summed E-state index contributed by atoms with van der Waals surface area (Å²) in [5.41, 5.74) is 1.32. The van der Waals surface area contributed by atoms with Crippen LogP contribution in [-0.4, -0.2) is 35.5 Å². The second kappa shape index (κ2) is 13.6. The lowest BCUT2D eigenvalue weighted by Crippen LogP contribution is -2.42. The van der Waals surface area contributed by atoms with Crippen molar-refractivity contribution in [3.05, 3.63) is 101 Å². The molecule has 0 atom stereocenters. The zero-order chi connectivity index (χ0) is 32.8. The Morgan fingerprint density at radius 2 is 1.62 bits per heavy atom. The van der Waals surface area contributed by atoms with E-state index in [2.05, 4.69) is 11.4 Å². The third kappa shape index (κ3) is 8.44. The van der Waals surface area contributed by atoms with Crippen molar-refractivity contribution in [2.45, 2.75) is 44.3 Å². The average molecular weight is 627 g/mol. The number of rotatable bonds is 9. The first kappa shape index (κ1) is 32.7. The Morgan fingerprint density at radius 3 is 2.20 bits per heavy atom. The third-order valence-corrected chi connectivity index (χ3v) is 7.07. The maximum atomic E-state index is 13.5. The van der Waals surface area contributed by atoms with Gasteiger partial charge >= 0.3 is 24.1 Å². The van der Waals surface area contributed by atoms with Crippen LogP contribution >= 0.6 is 0 Å². The fourth-order valence-corrected chi connectivity index (χ4v) is 4.67. The number of hydrogen-bond donors (Lipinski definition) is 3. The van der Waals surface area contributed by atoms with E-state index < -0.39 is 42.1 Å². The number of aliphatic carboxylic acids is 1. The van der Waals surface area contributed by atoms with E-state index >= 15 is 0 Å². The van der Waals surface area contributed by atoms with Crippen molar-refractivity contribution in [2.24, 2.45) is 0 Å². The lowest BCUT2D eigenvalue weighted by molar-refractivity contribution is -0.163. The molecule has 0 radical (unpaired) electrons. The summed E-state index contributed by atoms with van der Waals surface area (Å²) in [5, 5.41) is 22.0. The number of carboxylic acid groups (broad SMARTS) is 1. The van der Waals surface area contributed by atoms with E-state index in [1.165, 1.54) is 34.7 Å². The summed E-state index contributed by atoms with van der Waals surface area (Å²) in [5.74, 6) is -7.48. The summed E-state index contributed by atoms with van der Waals surface area (Å²) in [6.07, 6.45) is 1.43. The number of allylic oxidation sites excluding steroid dienone is 2. The number of nitrogens with zero attached hydrogens (tertiary/aromatic N) is 2. The van der Waals surface area contributed by atoms with E-state index in [9.17, 15) is 41.6 Å². The number of halogens is 5. The molecule has 3 aromatic carbocycles. The fraction of sp³-hybridized carbons (Fsp3) is 0.250. The van der Waals surface area contributed by atoms with Gasteiger partial charge in [0.15, 0.2) is 0 Å². The van der Waals surface area contributed by atoms with Gasteiger partial charge in [0.05, 0.1) is 30.3 Å². The molecule has 8 nitrogen and oxygen atoms in total. The molecule has 0 aromatic heterocycles. The summed E-state index contributed by atoms with van der Waals surface area (Å²) < 4.78 is 67.0. The van der Waals surface area contributed by atoms with Gasteiger partial charge in [-0.3, -0.25) is 9.69 Å². The summed E-state index contributed by atoms with van der Waals surface area (Å²) >= 11 is 0. The molecular formula is C32H27F5N4O4. The SMILES string of the molecule is N#Cc1cc(NC(=O)N(Cc2ccc(C(=O)NCC(F)(F)C(=O)O)cc2)c2ccc(C3=CCCCC3)cc2)cc(C(F)(F)F)c1. The predicted molar refractivity (Wildman–Crippen MR) is 156 cm³/mol. The highest BCUT2D eigenvalue weighted by Gasteiger charge is 2.39. The molecule has 234 valence electrons. The van der Waals surface area contributed by atoms with Crippen LogP contribution in [0.15, 0.2) is 72.8 Å². The second-order valence-electron chi connectivity index (χ2n) is 10.3. The molecule has 13 heteroatoms. The number of nitrogens with one attached hydrogen (secondary N) is 2. The number of carbonyl (C=O) groups is 3. The van der Waals surface area contributed by atoms with Crippen LogP contribution in [0.2, 0.25) is 0 Å². The van der Waals surface area contributed by atoms with Crippen molar-refractivity contribution in [3.63, 3.8) is 0 Å². The van der Waals surface area contributed by atoms with Crippen LogP contribution in [0.5, 0.6) is 0 Å². The highest BCUT2D eigenvalue weighted by Crippen LogP contribution is 2.33. The number of carboxylic acids is 1. The van der Waals surface area contributed by atoms with Gasteiger partial charge in [0.2, 0.25) is 0 Å². The Balaban J connectivity index is 1.59. The monoisotopic (exact) mass is 626 g/mol. The Labute approximate surface area is 254 Å². The van der Waals surface area contributed by atoms with Gasteiger partial charge in [0, 0.05) is 16.9 Å². The van der Waals surface area contributed by atoms with Gasteiger partial charge in [0.25, 0.3) is 5.91 Å². The molecule has 0 spiro atoms. The van der Waals surface area contributed by atoms with Gasteiger partial charge in [0.1, 0.15) is 0 Å². The van der Waals surface area contributed by atoms with Crippen molar-refractivity contribution in [3.8, 4) is 6.07 Å². The van der Waals surface area contributed by atoms with Crippen LogP contribution in [0.25, 0.3) is 5.57 Å². The molecular weight excluding hydrogens is 599 g/mol. The maximum absolute atomic E-state index is 13.5. The van der Waals surface area contributed by atoms with Crippen LogP contribution in [0.1, 0.15) is 58.3 Å². The molecule has 0 fully saturated rings. The summed E-state index contributed by atoms with van der Waals surface area (Å²) in [6.45, 7) is -1.52. The molecule has 1 aliphatic rings. The van der Waals surface area contributed by atoms with Gasteiger partial charge in [-0.1, -0.05) is 30.3 Å². The van der Waals surface area contributed by atoms with Crippen LogP contribution < -0.4 is 15.5 Å². The molecule has 45 heavy (non-hydrogen) atoms. The number of hydrogen-bond acceptors (Lipinski definition) is 4. The van der Waals surface area contributed by atoms with Crippen LogP contribution in [0, 0.1) is 11.3 Å². The van der Waals surface area contributed by atoms with Crippen molar-refractivity contribution >= 4 is 34.9 Å². The van der Waals surface area contributed by atoms with Gasteiger partial charge in [-0.2, -0.15) is 27.2 Å². The number of alkyl halides is 5. The highest BCUT2D eigenvalue weighted by atomic mass is 19.4. The molecule has 0 aliphatic heterocycles. The predicted octanol–water partition coefficient (Wildman–Crippen LogP) is 7.22. The van der Waals surface area contributed by atoms with Gasteiger partial charge in [-0.05, 0) is 84.8 Å². The van der Waals surface area contributed by atoms with E-state index in [-0.39, 0.29) is 23.4 Å². The van der Waals surface area contributed by atoms with Crippen molar-refractivity contribution < 1.29 is 41.4 Å². The number of benzene rings is 3. The van der Waals surface area contributed by atoms with E-state index in [0.717, 1.165) is 43.4 Å². The molecule has 4 rings (SSSR count). The van der Waals surface area contributed by atoms with Crippen LogP contribution in [0.4, 0.5) is 38.1 Å². The Morgan fingerprint density at radius 1 is 0.933 bits per heavy atom. The fourth-order valence-electron chi connectivity index (χ4n) is 4.67. The van der Waals surface area contributed by atoms with Crippen molar-refractivity contribution in [2.75, 3.05) is 16.8 Å². The third-order valence-electron chi connectivity index (χ3n) is 7.07. The molecule has 0 heterocycles. The van der Waals surface area contributed by atoms with Gasteiger partial charge in [-0.25, -0.2) is 9.59 Å². The molecule has 3 amide bonds. The largest absolute Gasteiger partial charge is 0.477 e. The number of carbonyl (C=O) groups excluding carboxylic acids is 2. The number of amides is 3. The zero-order valence-corrected chi connectivity index (χ0v) is 23.6. The minimum Gasteiger partial charge on any atom is -0.477 e. The summed E-state index contributed by atoms with van der Waals surface area (Å²) in [6, 6.07) is 15.9. The second-order valence-corrected chi connectivity index (χ2v) is 10.3. The number of nitriles is 1. The topological polar surface area (TPSA) is 123 Å². The van der Waals surface area contributed by atoms with E-state index in [1.807, 2.05) is 17.4 Å². The minimum absolute atomic E-state index is 0.0472. The molecule has 0 saturated heterocycles. The Bertz CT molecular complexity index is 1650. The molecule has 0 bridgehead atoms. The van der Waals surface area contributed by atoms with Crippen molar-refractivity contribution in [1.82, 2.24) is 5.32 Å². The van der Waals surface area contributed by atoms with E-state index in [1.54, 1.807) is 18.2 Å². The summed E-state index contributed by atoms with van der Waals surface area (Å²) in [4.78, 5) is 37.7. The highest BCUT2D eigenvalue weighted by molar-refractivity contribution is 6.02. The lowest BCUT2D eigenvalue weighted by Gasteiger charge is -2.24. The lowest BCUT2D eigenvalue weighted by atomic mass is 9.93. The quantitative estimate of drug-likeness (QED) is 0.217. The first-order valence-corrected chi connectivity index (χ1v) is 13.8. The van der Waals surface area contributed by atoms with E-state index in [4.69, 9.17) is 5.11 Å². The zero-order valence-electron chi connectivity index (χ0n) is 23.6. The smallest absolute Gasteiger partial charge is 0.416 e. The Kier molecular flexibility index (Phi) is 9.86. The molecule has 0 saturated carbocycles. The number of urea groups is 1. The molecule has 1 aliphatic carbocycles. The first-order valence-electron chi connectivity index (χ1n) is 13.8. The van der Waals surface area contributed by atoms with Gasteiger partial charge < -0.3 is 15.7 Å². The van der Waals surface area contributed by atoms with Crippen LogP contribution in [0.3, 0.4) is 0 Å². The maximum Gasteiger partial charge on any atom is 0.416 e. The van der Waals surface area contributed by atoms with Crippen molar-refractivity contribution in [1.29, 1.82) is 5.26 Å². The first-order chi connectivity index (χ1) is 21.3. The van der Waals surface area contributed by atoms with Crippen LogP contribution in [-0.2, 0) is 17.5 Å². The molecule has 0 unspecified atom stereocenters. The average Bonchev–Trinajstić information content (AvgIpc) is 3.02. The number of anilines is 2. The molecule has 3 N–H and O–H groups in total. The minimum atomic E-state index is -4.76.